The number of fused-ring (bicyclic) bond motifs is 1. The first kappa shape index (κ1) is 13.2. The second-order valence-corrected chi connectivity index (χ2v) is 5.92. The minimum Gasteiger partial charge on any atom is -0.320 e. The number of halogens is 2. The first-order chi connectivity index (χ1) is 9.54. The van der Waals surface area contributed by atoms with Crippen LogP contribution in [0.4, 0.5) is 8.78 Å². The van der Waals surface area contributed by atoms with Crippen molar-refractivity contribution in [2.24, 2.45) is 5.73 Å². The molecule has 3 aromatic rings. The van der Waals surface area contributed by atoms with E-state index in [1.54, 1.807) is 12.1 Å². The minimum absolute atomic E-state index is 0.263. The first-order valence-electron chi connectivity index (χ1n) is 6.25. The average Bonchev–Trinajstić information content (AvgIpc) is 2.83. The van der Waals surface area contributed by atoms with Crippen molar-refractivity contribution in [2.45, 2.75) is 13.0 Å². The zero-order valence-corrected chi connectivity index (χ0v) is 11.7. The van der Waals surface area contributed by atoms with Gasteiger partial charge in [-0.1, -0.05) is 12.1 Å². The monoisotopic (exact) mass is 289 g/mol. The number of benzene rings is 2. The molecule has 2 N–H and O–H groups in total. The van der Waals surface area contributed by atoms with E-state index in [1.165, 1.54) is 35.6 Å². The molecule has 0 bridgehead atoms. The van der Waals surface area contributed by atoms with Crippen LogP contribution in [0.25, 0.3) is 10.1 Å². The molecule has 0 aliphatic heterocycles. The maximum absolute atomic E-state index is 13.4. The Morgan fingerprint density at radius 3 is 2.50 bits per heavy atom. The fourth-order valence-electron chi connectivity index (χ4n) is 2.28. The smallest absolute Gasteiger partial charge is 0.124 e. The molecular weight excluding hydrogens is 276 g/mol. The predicted octanol–water partition coefficient (Wildman–Crippen LogP) is 4.54. The van der Waals surface area contributed by atoms with Gasteiger partial charge in [-0.3, -0.25) is 0 Å². The Hall–Kier alpha value is -1.78. The SMILES string of the molecule is Cc1ccc(F)cc1C(N)c1cc2ccc(F)cc2s1. The summed E-state index contributed by atoms with van der Waals surface area (Å²) in [4.78, 5) is 0.902. The van der Waals surface area contributed by atoms with Crippen molar-refractivity contribution >= 4 is 21.4 Å². The summed E-state index contributed by atoms with van der Waals surface area (Å²) in [5, 5.41) is 0.955. The van der Waals surface area contributed by atoms with Crippen LogP contribution in [0.2, 0.25) is 0 Å². The Kier molecular flexibility index (Phi) is 3.28. The van der Waals surface area contributed by atoms with Gasteiger partial charge in [0.05, 0.1) is 6.04 Å². The molecule has 1 atom stereocenters. The van der Waals surface area contributed by atoms with Gasteiger partial charge in [0.2, 0.25) is 0 Å². The van der Waals surface area contributed by atoms with Crippen molar-refractivity contribution in [3.05, 3.63) is 70.1 Å². The lowest BCUT2D eigenvalue weighted by Gasteiger charge is -2.13. The van der Waals surface area contributed by atoms with Crippen LogP contribution in [0.5, 0.6) is 0 Å². The molecule has 1 heterocycles. The molecule has 102 valence electrons. The molecule has 0 fully saturated rings. The molecule has 0 aliphatic rings. The molecule has 0 saturated heterocycles. The zero-order valence-electron chi connectivity index (χ0n) is 10.9. The Morgan fingerprint density at radius 2 is 1.70 bits per heavy atom. The lowest BCUT2D eigenvalue weighted by molar-refractivity contribution is 0.623. The largest absolute Gasteiger partial charge is 0.320 e. The number of nitrogens with two attached hydrogens (primary N) is 1. The summed E-state index contributed by atoms with van der Waals surface area (Å²) in [5.41, 5.74) is 7.95. The van der Waals surface area contributed by atoms with E-state index in [1.807, 2.05) is 13.0 Å². The lowest BCUT2D eigenvalue weighted by atomic mass is 10.0. The number of thiophene rings is 1. The van der Waals surface area contributed by atoms with E-state index in [0.717, 1.165) is 26.1 Å². The lowest BCUT2D eigenvalue weighted by Crippen LogP contribution is -2.12. The molecule has 2 aromatic carbocycles. The molecule has 0 saturated carbocycles. The van der Waals surface area contributed by atoms with Crippen LogP contribution < -0.4 is 5.73 Å². The maximum Gasteiger partial charge on any atom is 0.124 e. The van der Waals surface area contributed by atoms with E-state index in [-0.39, 0.29) is 11.6 Å². The van der Waals surface area contributed by atoms with Crippen LogP contribution in [-0.4, -0.2) is 0 Å². The van der Waals surface area contributed by atoms with Gasteiger partial charge in [0.15, 0.2) is 0 Å². The highest BCUT2D eigenvalue weighted by Gasteiger charge is 2.15. The van der Waals surface area contributed by atoms with E-state index in [4.69, 9.17) is 5.73 Å². The van der Waals surface area contributed by atoms with E-state index < -0.39 is 6.04 Å². The van der Waals surface area contributed by atoms with Gasteiger partial charge in [-0.05, 0) is 53.8 Å². The fraction of sp³-hybridized carbons (Fsp3) is 0.125. The summed E-state index contributed by atoms with van der Waals surface area (Å²) in [6.07, 6.45) is 0. The molecule has 1 aromatic heterocycles. The van der Waals surface area contributed by atoms with Crippen LogP contribution in [0, 0.1) is 18.6 Å². The Bertz CT molecular complexity index is 779. The van der Waals surface area contributed by atoms with Gasteiger partial charge in [0.25, 0.3) is 0 Å². The van der Waals surface area contributed by atoms with Crippen molar-refractivity contribution in [1.29, 1.82) is 0 Å². The van der Waals surface area contributed by atoms with Gasteiger partial charge in [-0.2, -0.15) is 0 Å². The second-order valence-electron chi connectivity index (χ2n) is 4.81. The van der Waals surface area contributed by atoms with E-state index in [0.29, 0.717) is 0 Å². The quantitative estimate of drug-likeness (QED) is 0.736. The highest BCUT2D eigenvalue weighted by atomic mass is 32.1. The highest BCUT2D eigenvalue weighted by Crippen LogP contribution is 2.33. The highest BCUT2D eigenvalue weighted by molar-refractivity contribution is 7.19. The fourth-order valence-corrected chi connectivity index (χ4v) is 3.39. The Morgan fingerprint density at radius 1 is 1.00 bits per heavy atom. The van der Waals surface area contributed by atoms with Crippen molar-refractivity contribution < 1.29 is 8.78 Å². The third-order valence-corrected chi connectivity index (χ3v) is 4.57. The molecule has 0 aliphatic carbocycles. The second kappa shape index (κ2) is 4.96. The molecule has 0 amide bonds. The van der Waals surface area contributed by atoms with Gasteiger partial charge < -0.3 is 5.73 Å². The third kappa shape index (κ3) is 2.32. The Labute approximate surface area is 119 Å². The van der Waals surface area contributed by atoms with Gasteiger partial charge in [-0.25, -0.2) is 8.78 Å². The van der Waals surface area contributed by atoms with Crippen molar-refractivity contribution in [1.82, 2.24) is 0 Å². The van der Waals surface area contributed by atoms with Crippen molar-refractivity contribution in [2.75, 3.05) is 0 Å². The summed E-state index contributed by atoms with van der Waals surface area (Å²) in [6.45, 7) is 1.90. The molecule has 0 spiro atoms. The standard InChI is InChI=1S/C16H13F2NS/c1-9-2-4-11(17)7-13(9)16(19)15-6-10-3-5-12(18)8-14(10)20-15/h2-8,16H,19H2,1H3. The number of hydrogen-bond acceptors (Lipinski definition) is 2. The van der Waals surface area contributed by atoms with Gasteiger partial charge in [0, 0.05) is 9.58 Å². The van der Waals surface area contributed by atoms with Gasteiger partial charge >= 0.3 is 0 Å². The first-order valence-corrected chi connectivity index (χ1v) is 7.07. The summed E-state index contributed by atoms with van der Waals surface area (Å²) in [7, 11) is 0. The summed E-state index contributed by atoms with van der Waals surface area (Å²) in [6, 6.07) is 10.8. The van der Waals surface area contributed by atoms with Crippen molar-refractivity contribution in [3.63, 3.8) is 0 Å². The van der Waals surface area contributed by atoms with Gasteiger partial charge in [-0.15, -0.1) is 11.3 Å². The number of rotatable bonds is 2. The predicted molar refractivity (Wildman–Crippen MR) is 79.0 cm³/mol. The van der Waals surface area contributed by atoms with Crippen LogP contribution in [-0.2, 0) is 0 Å². The van der Waals surface area contributed by atoms with E-state index in [9.17, 15) is 8.78 Å². The average molecular weight is 289 g/mol. The van der Waals surface area contributed by atoms with Crippen LogP contribution in [0.3, 0.4) is 0 Å². The summed E-state index contributed by atoms with van der Waals surface area (Å²) in [5.74, 6) is -0.561. The van der Waals surface area contributed by atoms with Crippen LogP contribution in [0.15, 0.2) is 42.5 Å². The van der Waals surface area contributed by atoms with Crippen LogP contribution >= 0.6 is 11.3 Å². The van der Waals surface area contributed by atoms with Gasteiger partial charge in [0.1, 0.15) is 11.6 Å². The van der Waals surface area contributed by atoms with Crippen LogP contribution in [0.1, 0.15) is 22.0 Å². The van der Waals surface area contributed by atoms with E-state index >= 15 is 0 Å². The topological polar surface area (TPSA) is 26.0 Å². The number of aryl methyl sites for hydroxylation is 1. The van der Waals surface area contributed by atoms with Crippen molar-refractivity contribution in [3.8, 4) is 0 Å². The molecule has 0 radical (unpaired) electrons. The maximum atomic E-state index is 13.4. The minimum atomic E-state index is -0.397. The van der Waals surface area contributed by atoms with E-state index in [2.05, 4.69) is 0 Å². The molecule has 4 heteroatoms. The molecule has 1 unspecified atom stereocenters. The molecule has 1 nitrogen and oxygen atoms in total. The Balaban J connectivity index is 2.07. The summed E-state index contributed by atoms with van der Waals surface area (Å²) >= 11 is 1.44. The molecule has 3 rings (SSSR count). The zero-order chi connectivity index (χ0) is 14.3. The third-order valence-electron chi connectivity index (χ3n) is 3.38. The molecular formula is C16H13F2NS. The normalized spacial score (nSPS) is 12.8. The molecule has 20 heavy (non-hydrogen) atoms. The summed E-state index contributed by atoms with van der Waals surface area (Å²) < 4.78 is 27.4. The number of hydrogen-bond donors (Lipinski definition) is 1.